The maximum Gasteiger partial charge on any atom is 0.142 e. The summed E-state index contributed by atoms with van der Waals surface area (Å²) in [5.74, 6) is -0.120. The quantitative estimate of drug-likeness (QED) is 0.592. The van der Waals surface area contributed by atoms with E-state index in [4.69, 9.17) is 13.1 Å². The molecule has 0 amide bonds. The van der Waals surface area contributed by atoms with E-state index in [9.17, 15) is 0 Å². The van der Waals surface area contributed by atoms with Gasteiger partial charge in [-0.2, -0.15) is 5.26 Å². The van der Waals surface area contributed by atoms with E-state index >= 15 is 0 Å². The lowest BCUT2D eigenvalue weighted by atomic mass is 9.87. The van der Waals surface area contributed by atoms with E-state index in [2.05, 4.69) is 11.1 Å². The SMILES string of the molecule is [B]c1ncc(C)c(C(C)C#N)c1C. The molecule has 0 N–H and O–H groups in total. The summed E-state index contributed by atoms with van der Waals surface area (Å²) >= 11 is 0. The fourth-order valence-electron chi connectivity index (χ4n) is 1.50. The second kappa shape index (κ2) is 3.61. The molecule has 2 radical (unpaired) electrons. The molecule has 0 saturated carbocycles. The molecule has 0 spiro atoms. The molecule has 1 unspecified atom stereocenters. The molecule has 1 heterocycles. The summed E-state index contributed by atoms with van der Waals surface area (Å²) < 4.78 is 0. The zero-order valence-electron chi connectivity index (χ0n) is 8.13. The van der Waals surface area contributed by atoms with Crippen LogP contribution < -0.4 is 5.59 Å². The first-order valence-corrected chi connectivity index (χ1v) is 4.19. The molecule has 0 saturated heterocycles. The van der Waals surface area contributed by atoms with Crippen molar-refractivity contribution in [1.82, 2.24) is 4.98 Å². The number of hydrogen-bond donors (Lipinski definition) is 0. The lowest BCUT2D eigenvalue weighted by Gasteiger charge is -2.12. The highest BCUT2D eigenvalue weighted by Crippen LogP contribution is 2.20. The Morgan fingerprint density at radius 1 is 1.54 bits per heavy atom. The smallest absolute Gasteiger partial charge is 0.142 e. The normalized spacial score (nSPS) is 12.2. The third kappa shape index (κ3) is 1.72. The predicted octanol–water partition coefficient (Wildman–Crippen LogP) is 1.12. The topological polar surface area (TPSA) is 36.7 Å². The van der Waals surface area contributed by atoms with Crippen molar-refractivity contribution in [2.75, 3.05) is 0 Å². The third-order valence-corrected chi connectivity index (χ3v) is 2.24. The number of pyridine rings is 1. The molecule has 3 heteroatoms. The molecule has 64 valence electrons. The van der Waals surface area contributed by atoms with E-state index in [1.54, 1.807) is 6.20 Å². The van der Waals surface area contributed by atoms with Crippen molar-refractivity contribution in [3.8, 4) is 6.07 Å². The Morgan fingerprint density at radius 2 is 2.15 bits per heavy atom. The Balaban J connectivity index is 3.35. The van der Waals surface area contributed by atoms with E-state index in [1.165, 1.54) is 0 Å². The monoisotopic (exact) mass is 170 g/mol. The van der Waals surface area contributed by atoms with Crippen LogP contribution in [0.15, 0.2) is 6.20 Å². The molecular weight excluding hydrogens is 159 g/mol. The van der Waals surface area contributed by atoms with Crippen molar-refractivity contribution in [3.05, 3.63) is 22.9 Å². The zero-order valence-corrected chi connectivity index (χ0v) is 8.13. The molecule has 1 atom stereocenters. The summed E-state index contributed by atoms with van der Waals surface area (Å²) in [5, 5.41) is 8.82. The van der Waals surface area contributed by atoms with Gasteiger partial charge >= 0.3 is 0 Å². The van der Waals surface area contributed by atoms with Crippen molar-refractivity contribution in [2.24, 2.45) is 0 Å². The fraction of sp³-hybridized carbons (Fsp3) is 0.400. The summed E-state index contributed by atoms with van der Waals surface area (Å²) in [5.41, 5.74) is 3.48. The van der Waals surface area contributed by atoms with Gasteiger partial charge in [0.1, 0.15) is 7.85 Å². The number of nitriles is 1. The summed E-state index contributed by atoms with van der Waals surface area (Å²) in [6.45, 7) is 5.72. The van der Waals surface area contributed by atoms with Gasteiger partial charge in [0.25, 0.3) is 0 Å². The lowest BCUT2D eigenvalue weighted by Crippen LogP contribution is -2.16. The van der Waals surface area contributed by atoms with Crippen LogP contribution in [0.1, 0.15) is 29.5 Å². The summed E-state index contributed by atoms with van der Waals surface area (Å²) in [6.07, 6.45) is 1.71. The van der Waals surface area contributed by atoms with Crippen molar-refractivity contribution < 1.29 is 0 Å². The molecule has 0 aromatic carbocycles. The van der Waals surface area contributed by atoms with Gasteiger partial charge in [-0.05, 0) is 43.1 Å². The van der Waals surface area contributed by atoms with Gasteiger partial charge in [0.15, 0.2) is 0 Å². The van der Waals surface area contributed by atoms with Crippen LogP contribution in [0.5, 0.6) is 0 Å². The van der Waals surface area contributed by atoms with Crippen LogP contribution in [0.3, 0.4) is 0 Å². The van der Waals surface area contributed by atoms with Crippen LogP contribution in [0.25, 0.3) is 0 Å². The maximum absolute atomic E-state index is 8.82. The fourth-order valence-corrected chi connectivity index (χ4v) is 1.50. The molecule has 0 fully saturated rings. The maximum atomic E-state index is 8.82. The largest absolute Gasteiger partial charge is 0.272 e. The van der Waals surface area contributed by atoms with Crippen LogP contribution in [0.2, 0.25) is 0 Å². The van der Waals surface area contributed by atoms with Crippen molar-refractivity contribution >= 4 is 13.4 Å². The summed E-state index contributed by atoms with van der Waals surface area (Å²) in [6, 6.07) is 2.21. The highest BCUT2D eigenvalue weighted by atomic mass is 14.6. The second-order valence-corrected chi connectivity index (χ2v) is 3.22. The number of hydrogen-bond acceptors (Lipinski definition) is 2. The highest BCUT2D eigenvalue weighted by Gasteiger charge is 2.11. The van der Waals surface area contributed by atoms with E-state index in [0.29, 0.717) is 5.59 Å². The Morgan fingerprint density at radius 3 is 2.69 bits per heavy atom. The molecule has 0 bridgehead atoms. The van der Waals surface area contributed by atoms with Crippen molar-refractivity contribution in [3.63, 3.8) is 0 Å². The van der Waals surface area contributed by atoms with Gasteiger partial charge in [-0.15, -0.1) is 0 Å². The Bertz CT molecular complexity index is 366. The van der Waals surface area contributed by atoms with E-state index in [0.717, 1.165) is 16.7 Å². The van der Waals surface area contributed by atoms with Gasteiger partial charge in [0.05, 0.1) is 12.0 Å². The summed E-state index contributed by atoms with van der Waals surface area (Å²) in [4.78, 5) is 4.02. The molecule has 1 aromatic heterocycles. The van der Waals surface area contributed by atoms with E-state index in [-0.39, 0.29) is 5.92 Å². The Kier molecular flexibility index (Phi) is 2.72. The molecule has 2 nitrogen and oxygen atoms in total. The molecule has 1 aromatic rings. The van der Waals surface area contributed by atoms with Crippen LogP contribution in [-0.2, 0) is 0 Å². The Labute approximate surface area is 80.0 Å². The first-order chi connectivity index (χ1) is 6.07. The van der Waals surface area contributed by atoms with Gasteiger partial charge in [-0.3, -0.25) is 4.98 Å². The van der Waals surface area contributed by atoms with Gasteiger partial charge < -0.3 is 0 Å². The number of aryl methyl sites for hydroxylation is 1. The van der Waals surface area contributed by atoms with E-state index in [1.807, 2.05) is 20.8 Å². The second-order valence-electron chi connectivity index (χ2n) is 3.22. The number of nitrogens with zero attached hydrogens (tertiary/aromatic N) is 2. The van der Waals surface area contributed by atoms with Crippen LogP contribution in [0.4, 0.5) is 0 Å². The lowest BCUT2D eigenvalue weighted by molar-refractivity contribution is 0.944. The van der Waals surface area contributed by atoms with Gasteiger partial charge in [0, 0.05) is 6.20 Å². The molecule has 13 heavy (non-hydrogen) atoms. The van der Waals surface area contributed by atoms with Crippen molar-refractivity contribution in [2.45, 2.75) is 26.7 Å². The molecular formula is C10H11BN2. The molecule has 0 aliphatic carbocycles. The minimum atomic E-state index is -0.120. The molecule has 0 aliphatic heterocycles. The predicted molar refractivity (Wildman–Crippen MR) is 53.1 cm³/mol. The van der Waals surface area contributed by atoms with Gasteiger partial charge in [0.2, 0.25) is 0 Å². The number of aromatic nitrogens is 1. The minimum absolute atomic E-state index is 0.120. The average Bonchev–Trinajstić information content (AvgIpc) is 2.12. The van der Waals surface area contributed by atoms with Crippen molar-refractivity contribution in [1.29, 1.82) is 5.26 Å². The summed E-state index contributed by atoms with van der Waals surface area (Å²) in [7, 11) is 5.66. The minimum Gasteiger partial charge on any atom is -0.272 e. The van der Waals surface area contributed by atoms with Crippen LogP contribution >= 0.6 is 0 Å². The van der Waals surface area contributed by atoms with Crippen LogP contribution in [0, 0.1) is 25.2 Å². The zero-order chi connectivity index (χ0) is 10.0. The standard InChI is InChI=1S/C10H11BN2/c1-6(4-12)9-7(2)5-13-10(11)8(9)3/h5-6H,1-3H3. The van der Waals surface area contributed by atoms with Gasteiger partial charge in [-0.1, -0.05) is 0 Å². The first-order valence-electron chi connectivity index (χ1n) is 4.19. The van der Waals surface area contributed by atoms with E-state index < -0.39 is 0 Å². The first kappa shape index (κ1) is 9.79. The van der Waals surface area contributed by atoms with Crippen LogP contribution in [-0.4, -0.2) is 12.8 Å². The highest BCUT2D eigenvalue weighted by molar-refractivity contribution is 6.31. The molecule has 0 aliphatic rings. The Hall–Kier alpha value is -1.30. The molecule has 1 rings (SSSR count). The number of rotatable bonds is 1. The average molecular weight is 170 g/mol. The van der Waals surface area contributed by atoms with Gasteiger partial charge in [-0.25, -0.2) is 0 Å². The third-order valence-electron chi connectivity index (χ3n) is 2.24.